The summed E-state index contributed by atoms with van der Waals surface area (Å²) in [5.74, 6) is 0. The van der Waals surface area contributed by atoms with Crippen LogP contribution in [0.25, 0.3) is 0 Å². The lowest BCUT2D eigenvalue weighted by atomic mass is 9.90. The highest BCUT2D eigenvalue weighted by molar-refractivity contribution is 6.40. The van der Waals surface area contributed by atoms with E-state index >= 15 is 0 Å². The number of aromatic nitrogens is 2. The van der Waals surface area contributed by atoms with E-state index in [1.807, 2.05) is 20.8 Å². The summed E-state index contributed by atoms with van der Waals surface area (Å²) in [5, 5.41) is 12.8. The predicted molar refractivity (Wildman–Crippen MR) is 60.9 cm³/mol. The summed E-state index contributed by atoms with van der Waals surface area (Å²) in [5.41, 5.74) is 0.382. The highest BCUT2D eigenvalue weighted by Gasteiger charge is 2.21. The zero-order chi connectivity index (χ0) is 11.6. The van der Waals surface area contributed by atoms with Crippen molar-refractivity contribution >= 4 is 28.9 Å². The highest BCUT2D eigenvalue weighted by atomic mass is 35.5. The van der Waals surface area contributed by atoms with Crippen LogP contribution in [0.2, 0.25) is 10.3 Å². The maximum atomic E-state index is 8.90. The molecule has 0 amide bonds. The van der Waals surface area contributed by atoms with Crippen molar-refractivity contribution in [3.05, 3.63) is 16.6 Å². The second kappa shape index (κ2) is 4.41. The lowest BCUT2D eigenvalue weighted by Crippen LogP contribution is -2.25. The Hall–Kier alpha value is -0.740. The minimum Gasteiger partial charge on any atom is -0.411 e. The summed E-state index contributed by atoms with van der Waals surface area (Å²) in [4.78, 5) is 3.85. The molecule has 0 aliphatic carbocycles. The van der Waals surface area contributed by atoms with Gasteiger partial charge in [0.1, 0.15) is 5.15 Å². The van der Waals surface area contributed by atoms with Crippen molar-refractivity contribution in [1.29, 1.82) is 0 Å². The van der Waals surface area contributed by atoms with E-state index in [2.05, 4.69) is 10.1 Å². The Morgan fingerprint density at radius 1 is 1.53 bits per heavy atom. The van der Waals surface area contributed by atoms with Crippen molar-refractivity contribution in [3.8, 4) is 0 Å². The molecule has 0 unspecified atom stereocenters. The summed E-state index contributed by atoms with van der Waals surface area (Å²) in [6, 6.07) is 0. The molecule has 0 aliphatic heterocycles. The number of oxime groups is 1. The molecule has 4 nitrogen and oxygen atoms in total. The Kier molecular flexibility index (Phi) is 3.62. The number of nitrogens with zero attached hydrogens (tertiary/aromatic N) is 3. The monoisotopic (exact) mass is 249 g/mol. The number of halogens is 2. The Bertz CT molecular complexity index is 379. The van der Waals surface area contributed by atoms with Crippen molar-refractivity contribution < 1.29 is 5.21 Å². The van der Waals surface area contributed by atoms with E-state index < -0.39 is 0 Å². The van der Waals surface area contributed by atoms with E-state index in [0.717, 1.165) is 0 Å². The van der Waals surface area contributed by atoms with E-state index in [9.17, 15) is 0 Å². The van der Waals surface area contributed by atoms with Gasteiger partial charge in [0.15, 0.2) is 5.15 Å². The molecule has 0 bridgehead atoms. The molecular weight excluding hydrogens is 237 g/mol. The van der Waals surface area contributed by atoms with Crippen molar-refractivity contribution in [3.63, 3.8) is 0 Å². The van der Waals surface area contributed by atoms with Crippen LogP contribution in [-0.4, -0.2) is 20.5 Å². The lowest BCUT2D eigenvalue weighted by molar-refractivity contribution is 0.308. The first kappa shape index (κ1) is 12.3. The van der Waals surface area contributed by atoms with Crippen LogP contribution in [-0.2, 0) is 6.54 Å². The molecule has 1 heterocycles. The molecule has 0 atom stereocenters. The van der Waals surface area contributed by atoms with Crippen LogP contribution in [0.5, 0.6) is 0 Å². The normalized spacial score (nSPS) is 13.3. The second-order valence-corrected chi connectivity index (χ2v) is 4.97. The number of imidazole rings is 1. The van der Waals surface area contributed by atoms with Crippen LogP contribution < -0.4 is 0 Å². The van der Waals surface area contributed by atoms with Gasteiger partial charge in [0, 0.05) is 5.41 Å². The number of hydrogen-bond acceptors (Lipinski definition) is 3. The highest BCUT2D eigenvalue weighted by Crippen LogP contribution is 2.22. The smallest absolute Gasteiger partial charge is 0.166 e. The molecule has 0 fully saturated rings. The van der Waals surface area contributed by atoms with Crippen LogP contribution in [0.4, 0.5) is 0 Å². The van der Waals surface area contributed by atoms with Gasteiger partial charge < -0.3 is 9.77 Å². The van der Waals surface area contributed by atoms with Crippen LogP contribution in [0, 0.1) is 5.41 Å². The third kappa shape index (κ3) is 2.86. The van der Waals surface area contributed by atoms with Gasteiger partial charge in [-0.25, -0.2) is 4.98 Å². The quantitative estimate of drug-likeness (QED) is 0.498. The van der Waals surface area contributed by atoms with Gasteiger partial charge in [0.2, 0.25) is 0 Å². The fraction of sp³-hybridized carbons (Fsp3) is 0.556. The molecule has 1 rings (SSSR count). The van der Waals surface area contributed by atoms with E-state index in [0.29, 0.717) is 17.4 Å². The van der Waals surface area contributed by atoms with Crippen molar-refractivity contribution in [2.45, 2.75) is 27.3 Å². The van der Waals surface area contributed by atoms with Crippen LogP contribution in [0.15, 0.2) is 11.5 Å². The van der Waals surface area contributed by atoms with Crippen LogP contribution in [0.3, 0.4) is 0 Å². The third-order valence-electron chi connectivity index (χ3n) is 2.04. The van der Waals surface area contributed by atoms with E-state index in [4.69, 9.17) is 28.4 Å². The summed E-state index contributed by atoms with van der Waals surface area (Å²) in [7, 11) is 0. The van der Waals surface area contributed by atoms with Crippen molar-refractivity contribution in [2.75, 3.05) is 0 Å². The average Bonchev–Trinajstić information content (AvgIpc) is 2.43. The van der Waals surface area contributed by atoms with E-state index in [1.165, 1.54) is 6.33 Å². The van der Waals surface area contributed by atoms with Crippen LogP contribution >= 0.6 is 23.2 Å². The van der Waals surface area contributed by atoms with Gasteiger partial charge in [-0.1, -0.05) is 49.1 Å². The molecule has 6 heteroatoms. The molecule has 1 aromatic rings. The van der Waals surface area contributed by atoms with Gasteiger partial charge in [-0.3, -0.25) is 0 Å². The number of hydrogen-bond donors (Lipinski definition) is 1. The second-order valence-electron chi connectivity index (χ2n) is 4.25. The molecule has 0 saturated heterocycles. The van der Waals surface area contributed by atoms with Crippen molar-refractivity contribution in [1.82, 2.24) is 9.55 Å². The molecule has 0 radical (unpaired) electrons. The molecule has 15 heavy (non-hydrogen) atoms. The third-order valence-corrected chi connectivity index (χ3v) is 2.81. The molecule has 1 aromatic heterocycles. The zero-order valence-corrected chi connectivity index (χ0v) is 10.3. The average molecular weight is 250 g/mol. The minimum atomic E-state index is -0.227. The minimum absolute atomic E-state index is 0.227. The molecular formula is C9H13Cl2N3O. The van der Waals surface area contributed by atoms with Gasteiger partial charge >= 0.3 is 0 Å². The zero-order valence-electron chi connectivity index (χ0n) is 8.83. The molecule has 0 spiro atoms. The fourth-order valence-electron chi connectivity index (χ4n) is 1.03. The Labute approximate surface area is 98.5 Å². The maximum absolute atomic E-state index is 8.90. The SMILES string of the molecule is CC(C)(C)/C(Cn1cnc(Cl)c1Cl)=N\O. The number of rotatable bonds is 2. The summed E-state index contributed by atoms with van der Waals surface area (Å²) >= 11 is 11.6. The van der Waals surface area contributed by atoms with Crippen molar-refractivity contribution in [2.24, 2.45) is 10.6 Å². The Morgan fingerprint density at radius 2 is 2.13 bits per heavy atom. The molecule has 0 saturated carbocycles. The molecule has 0 aromatic carbocycles. The molecule has 0 aliphatic rings. The first-order chi connectivity index (χ1) is 6.86. The predicted octanol–water partition coefficient (Wildman–Crippen LogP) is 3.07. The summed E-state index contributed by atoms with van der Waals surface area (Å²) < 4.78 is 1.63. The lowest BCUT2D eigenvalue weighted by Gasteiger charge is -2.20. The topological polar surface area (TPSA) is 50.4 Å². The van der Waals surface area contributed by atoms with Crippen LogP contribution in [0.1, 0.15) is 20.8 Å². The first-order valence-electron chi connectivity index (χ1n) is 4.43. The largest absolute Gasteiger partial charge is 0.411 e. The first-order valence-corrected chi connectivity index (χ1v) is 5.19. The molecule has 84 valence electrons. The summed E-state index contributed by atoms with van der Waals surface area (Å²) in [6.45, 7) is 6.23. The van der Waals surface area contributed by atoms with Gasteiger partial charge in [-0.15, -0.1) is 0 Å². The van der Waals surface area contributed by atoms with Gasteiger partial charge in [-0.05, 0) is 0 Å². The van der Waals surface area contributed by atoms with E-state index in [-0.39, 0.29) is 10.6 Å². The Balaban J connectivity index is 2.91. The van der Waals surface area contributed by atoms with E-state index in [1.54, 1.807) is 4.57 Å². The maximum Gasteiger partial charge on any atom is 0.166 e. The van der Waals surface area contributed by atoms with Gasteiger partial charge in [0.25, 0.3) is 0 Å². The standard InChI is InChI=1S/C9H13Cl2N3O/c1-9(2,3)6(13-15)4-14-5-12-7(10)8(14)11/h5,15H,4H2,1-3H3/b13-6-. The summed E-state index contributed by atoms with van der Waals surface area (Å²) in [6.07, 6.45) is 1.52. The Morgan fingerprint density at radius 3 is 2.47 bits per heavy atom. The molecule has 1 N–H and O–H groups in total. The van der Waals surface area contributed by atoms with Gasteiger partial charge in [-0.2, -0.15) is 0 Å². The fourth-order valence-corrected chi connectivity index (χ4v) is 1.34. The van der Waals surface area contributed by atoms with Gasteiger partial charge in [0.05, 0.1) is 18.6 Å².